The highest BCUT2D eigenvalue weighted by molar-refractivity contribution is 7.22. The molecule has 1 aromatic carbocycles. The Morgan fingerprint density at radius 2 is 1.94 bits per heavy atom. The summed E-state index contributed by atoms with van der Waals surface area (Å²) in [6.07, 6.45) is 9.81. The smallest absolute Gasteiger partial charge is 0.305 e. The van der Waals surface area contributed by atoms with Crippen molar-refractivity contribution < 1.29 is 14.3 Å². The molecule has 3 heterocycles. The van der Waals surface area contributed by atoms with Crippen molar-refractivity contribution in [1.29, 1.82) is 0 Å². The first kappa shape index (κ1) is 22.3. The van der Waals surface area contributed by atoms with E-state index in [-0.39, 0.29) is 11.8 Å². The van der Waals surface area contributed by atoms with Crippen molar-refractivity contribution in [2.75, 3.05) is 25.9 Å². The molecule has 2 unspecified atom stereocenters. The van der Waals surface area contributed by atoms with Crippen LogP contribution in [0.4, 0.5) is 5.00 Å². The van der Waals surface area contributed by atoms with E-state index in [9.17, 15) is 9.59 Å². The maximum atomic E-state index is 12.8. The van der Waals surface area contributed by atoms with Gasteiger partial charge in [0, 0.05) is 29.1 Å². The number of hydrogen-bond acceptors (Lipinski definition) is 6. The zero-order chi connectivity index (χ0) is 21.8. The van der Waals surface area contributed by atoms with Crippen LogP contribution in [0.25, 0.3) is 10.1 Å². The van der Waals surface area contributed by atoms with Crippen molar-refractivity contribution in [2.24, 2.45) is 0 Å². The van der Waals surface area contributed by atoms with E-state index in [4.69, 9.17) is 5.73 Å². The molecule has 168 valence electrons. The maximum absolute atomic E-state index is 12.8. The number of fused-ring (bicyclic) bond motifs is 2. The van der Waals surface area contributed by atoms with Crippen LogP contribution in [0.5, 0.6) is 0 Å². The molecule has 2 atom stereocenters. The van der Waals surface area contributed by atoms with Gasteiger partial charge < -0.3 is 15.4 Å². The lowest BCUT2D eigenvalue weighted by Gasteiger charge is -2.33. The number of ether oxygens (including phenoxy) is 1. The van der Waals surface area contributed by atoms with Crippen molar-refractivity contribution in [3.05, 3.63) is 29.3 Å². The van der Waals surface area contributed by atoms with E-state index in [0.717, 1.165) is 29.6 Å². The van der Waals surface area contributed by atoms with Crippen LogP contribution in [0.1, 0.15) is 86.0 Å². The predicted molar refractivity (Wildman–Crippen MR) is 127 cm³/mol. The Morgan fingerprint density at radius 3 is 2.77 bits per heavy atom. The lowest BCUT2D eigenvalue weighted by molar-refractivity contribution is -0.140. The molecule has 4 rings (SSSR count). The van der Waals surface area contributed by atoms with Gasteiger partial charge in [0.2, 0.25) is 0 Å². The van der Waals surface area contributed by atoms with Crippen LogP contribution in [0, 0.1) is 0 Å². The summed E-state index contributed by atoms with van der Waals surface area (Å²) in [5.74, 6) is 0.400. The van der Waals surface area contributed by atoms with Gasteiger partial charge in [-0.1, -0.05) is 6.42 Å². The summed E-state index contributed by atoms with van der Waals surface area (Å²) in [5.41, 5.74) is 8.56. The van der Waals surface area contributed by atoms with Gasteiger partial charge in [-0.25, -0.2) is 0 Å². The summed E-state index contributed by atoms with van der Waals surface area (Å²) in [7, 11) is 1.40. The molecule has 1 aromatic heterocycles. The molecule has 0 spiro atoms. The molecule has 31 heavy (non-hydrogen) atoms. The van der Waals surface area contributed by atoms with Gasteiger partial charge in [-0.2, -0.15) is 0 Å². The number of ketones is 1. The molecule has 0 amide bonds. The van der Waals surface area contributed by atoms with Crippen molar-refractivity contribution >= 4 is 38.2 Å². The number of nitrogens with zero attached hydrogens (tertiary/aromatic N) is 1. The third-order valence-electron chi connectivity index (χ3n) is 7.11. The minimum absolute atomic E-state index is 0.139. The van der Waals surface area contributed by atoms with Gasteiger partial charge >= 0.3 is 5.97 Å². The summed E-state index contributed by atoms with van der Waals surface area (Å²) >= 11 is 1.65. The second kappa shape index (κ2) is 10.1. The molecule has 0 radical (unpaired) electrons. The van der Waals surface area contributed by atoms with E-state index in [2.05, 4.69) is 21.8 Å². The Bertz CT molecular complexity index is 922. The maximum Gasteiger partial charge on any atom is 0.305 e. The summed E-state index contributed by atoms with van der Waals surface area (Å²) in [4.78, 5) is 26.7. The average molecular weight is 443 g/mol. The number of hydrogen-bond donors (Lipinski definition) is 1. The van der Waals surface area contributed by atoms with Crippen LogP contribution in [0.15, 0.2) is 18.2 Å². The van der Waals surface area contributed by atoms with Crippen molar-refractivity contribution in [2.45, 2.75) is 76.2 Å². The molecule has 5 nitrogen and oxygen atoms in total. The molecule has 0 bridgehead atoms. The number of carbonyl (C=O) groups is 2. The van der Waals surface area contributed by atoms with Gasteiger partial charge in [0.1, 0.15) is 0 Å². The number of nitrogens with two attached hydrogens (primary N) is 1. The second-order valence-corrected chi connectivity index (χ2v) is 10.1. The monoisotopic (exact) mass is 442 g/mol. The zero-order valence-electron chi connectivity index (χ0n) is 18.5. The number of unbranched alkanes of at least 4 members (excludes halogenated alkanes) is 1. The molecule has 6 heteroatoms. The number of thiophene rings is 1. The quantitative estimate of drug-likeness (QED) is 0.347. The van der Waals surface area contributed by atoms with Crippen LogP contribution >= 0.6 is 11.3 Å². The average Bonchev–Trinajstić information content (AvgIpc) is 2.97. The van der Waals surface area contributed by atoms with Gasteiger partial charge in [-0.3, -0.25) is 9.59 Å². The third kappa shape index (κ3) is 5.12. The van der Waals surface area contributed by atoms with E-state index >= 15 is 0 Å². The number of esters is 1. The van der Waals surface area contributed by atoms with E-state index in [1.54, 1.807) is 11.3 Å². The minimum atomic E-state index is -0.216. The van der Waals surface area contributed by atoms with Crippen LogP contribution < -0.4 is 5.73 Å². The number of rotatable bonds is 7. The summed E-state index contributed by atoms with van der Waals surface area (Å²) in [6.45, 7) is 2.40. The molecule has 0 saturated carbocycles. The van der Waals surface area contributed by atoms with Gasteiger partial charge in [0.05, 0.1) is 12.1 Å². The Balaban J connectivity index is 1.48. The first-order valence-corrected chi connectivity index (χ1v) is 12.5. The van der Waals surface area contributed by atoms with Crippen molar-refractivity contribution in [1.82, 2.24) is 4.90 Å². The van der Waals surface area contributed by atoms with Gasteiger partial charge in [0.15, 0.2) is 5.78 Å². The lowest BCUT2D eigenvalue weighted by Crippen LogP contribution is -2.38. The zero-order valence-corrected chi connectivity index (χ0v) is 19.3. The minimum Gasteiger partial charge on any atom is -0.469 e. The third-order valence-corrected chi connectivity index (χ3v) is 8.13. The first-order chi connectivity index (χ1) is 15.1. The Kier molecular flexibility index (Phi) is 7.28. The Labute approximate surface area is 188 Å². The molecule has 2 aliphatic rings. The number of methoxy groups -OCH3 is 1. The number of Topliss-reactive ketones (excluding diaryl/α,β-unsaturated/α-hetero) is 1. The Morgan fingerprint density at radius 1 is 1.10 bits per heavy atom. The number of benzene rings is 1. The van der Waals surface area contributed by atoms with E-state index < -0.39 is 0 Å². The molecule has 2 aromatic rings. The SMILES string of the molecule is COC(=O)CCCCC(=O)c1ccc2sc(N)c(C3CCC4CCCCN4CC3)c2c1. The molecule has 0 aliphatic carbocycles. The number of nitrogen functional groups attached to an aromatic ring is 1. The van der Waals surface area contributed by atoms with Crippen molar-refractivity contribution in [3.63, 3.8) is 0 Å². The topological polar surface area (TPSA) is 72.6 Å². The fourth-order valence-corrected chi connectivity index (χ4v) is 6.40. The van der Waals surface area contributed by atoms with Crippen LogP contribution in [-0.4, -0.2) is 42.9 Å². The highest BCUT2D eigenvalue weighted by Gasteiger charge is 2.30. The van der Waals surface area contributed by atoms with Crippen LogP contribution in [-0.2, 0) is 9.53 Å². The standard InChI is InChI=1S/C25H34N2O3S/c1-30-23(29)8-3-2-7-21(28)18-10-12-22-20(16-18)24(25(26)31-22)17-9-11-19-6-4-5-14-27(19)15-13-17/h10,12,16-17,19H,2-9,11,13-15,26H2,1H3. The fourth-order valence-electron chi connectivity index (χ4n) is 5.36. The Hall–Kier alpha value is -1.92. The van der Waals surface area contributed by atoms with E-state index in [1.165, 1.54) is 61.4 Å². The second-order valence-electron chi connectivity index (χ2n) is 9.05. The van der Waals surface area contributed by atoms with Crippen LogP contribution in [0.3, 0.4) is 0 Å². The summed E-state index contributed by atoms with van der Waals surface area (Å²) < 4.78 is 5.84. The molecule has 2 N–H and O–H groups in total. The number of anilines is 1. The number of carbonyl (C=O) groups excluding carboxylic acids is 2. The molecule has 2 aliphatic heterocycles. The van der Waals surface area contributed by atoms with Crippen LogP contribution in [0.2, 0.25) is 0 Å². The van der Waals surface area contributed by atoms with Gasteiger partial charge in [-0.15, -0.1) is 11.3 Å². The lowest BCUT2D eigenvalue weighted by atomic mass is 9.89. The molecular weight excluding hydrogens is 408 g/mol. The number of piperidine rings is 1. The highest BCUT2D eigenvalue weighted by Crippen LogP contribution is 2.44. The van der Waals surface area contributed by atoms with E-state index in [0.29, 0.717) is 31.6 Å². The molecular formula is C25H34N2O3S. The van der Waals surface area contributed by atoms with Crippen molar-refractivity contribution in [3.8, 4) is 0 Å². The van der Waals surface area contributed by atoms with Gasteiger partial charge in [0.25, 0.3) is 0 Å². The fraction of sp³-hybridized carbons (Fsp3) is 0.600. The summed E-state index contributed by atoms with van der Waals surface area (Å²) in [6, 6.07) is 6.80. The largest absolute Gasteiger partial charge is 0.469 e. The molecule has 2 saturated heterocycles. The molecule has 2 fully saturated rings. The van der Waals surface area contributed by atoms with E-state index in [1.807, 2.05) is 6.07 Å². The normalized spacial score (nSPS) is 22.1. The predicted octanol–water partition coefficient (Wildman–Crippen LogP) is 5.52. The summed E-state index contributed by atoms with van der Waals surface area (Å²) in [5, 5.41) is 2.09. The van der Waals surface area contributed by atoms with Gasteiger partial charge in [-0.05, 0) is 93.1 Å². The first-order valence-electron chi connectivity index (χ1n) is 11.7. The highest BCUT2D eigenvalue weighted by atomic mass is 32.1.